The molecule has 4 nitrogen and oxygen atoms in total. The quantitative estimate of drug-likeness (QED) is 0.303. The van der Waals surface area contributed by atoms with Gasteiger partial charge in [0.1, 0.15) is 12.4 Å². The topological polar surface area (TPSA) is 50.7 Å². The molecule has 0 spiro atoms. The van der Waals surface area contributed by atoms with E-state index < -0.39 is 0 Å². The third-order valence-corrected chi connectivity index (χ3v) is 6.58. The Kier molecular flexibility index (Phi) is 6.39. The molecule has 0 saturated carbocycles. The number of rotatable bonds is 5. The fraction of sp³-hybridized carbons (Fsp3) is 0.0714. The van der Waals surface area contributed by atoms with E-state index >= 15 is 0 Å². The van der Waals surface area contributed by atoms with Crippen LogP contribution in [0, 0.1) is 6.92 Å². The second-order valence-electron chi connectivity index (χ2n) is 7.93. The van der Waals surface area contributed by atoms with E-state index in [0.717, 1.165) is 27.8 Å². The first-order valence-electron chi connectivity index (χ1n) is 10.8. The normalized spacial score (nSPS) is 15.8. The van der Waals surface area contributed by atoms with Gasteiger partial charge in [0.25, 0.3) is 5.91 Å². The van der Waals surface area contributed by atoms with Crippen LogP contribution in [0.5, 0.6) is 5.75 Å². The minimum absolute atomic E-state index is 0.198. The maximum absolute atomic E-state index is 12.6. The van der Waals surface area contributed by atoms with Crippen LogP contribution in [-0.2, 0) is 11.4 Å². The summed E-state index contributed by atoms with van der Waals surface area (Å²) in [6, 6.07) is 27.6. The van der Waals surface area contributed by atoms with Crippen molar-refractivity contribution in [1.82, 2.24) is 5.32 Å². The maximum atomic E-state index is 12.6. The van der Waals surface area contributed by atoms with E-state index in [2.05, 4.69) is 34.6 Å². The lowest BCUT2D eigenvalue weighted by atomic mass is 10.1. The molecule has 1 fully saturated rings. The predicted molar refractivity (Wildman–Crippen MR) is 142 cm³/mol. The monoisotopic (exact) mass is 484 g/mol. The van der Waals surface area contributed by atoms with Gasteiger partial charge in [-0.2, -0.15) is 0 Å². The molecule has 4 aromatic rings. The Labute approximate surface area is 207 Å². The van der Waals surface area contributed by atoms with Crippen molar-refractivity contribution in [2.24, 2.45) is 4.99 Å². The predicted octanol–water partition coefficient (Wildman–Crippen LogP) is 7.27. The first kappa shape index (κ1) is 22.3. The third-order valence-electron chi connectivity index (χ3n) is 5.44. The van der Waals surface area contributed by atoms with E-state index in [-0.39, 0.29) is 5.91 Å². The van der Waals surface area contributed by atoms with Gasteiger partial charge < -0.3 is 10.1 Å². The van der Waals surface area contributed by atoms with E-state index in [1.807, 2.05) is 55.5 Å². The first-order valence-corrected chi connectivity index (χ1v) is 12.0. The van der Waals surface area contributed by atoms with Gasteiger partial charge in [-0.05, 0) is 71.4 Å². The molecule has 5 rings (SSSR count). The molecular formula is C28H21ClN2O2S. The molecule has 0 bridgehead atoms. The van der Waals surface area contributed by atoms with Crippen LogP contribution in [0.25, 0.3) is 16.8 Å². The number of hydrogen-bond donors (Lipinski definition) is 1. The largest absolute Gasteiger partial charge is 0.488 e. The van der Waals surface area contributed by atoms with Crippen LogP contribution in [0.15, 0.2) is 94.8 Å². The SMILES string of the molecule is Cc1ccc(N=C2NC(=O)/C(=C/c3cc(Cl)ccc3OCc3cccc4ccccc34)S2)cc1. The van der Waals surface area contributed by atoms with Gasteiger partial charge in [0.2, 0.25) is 0 Å². The summed E-state index contributed by atoms with van der Waals surface area (Å²) in [6.45, 7) is 2.42. The number of halogens is 1. The molecule has 1 aliphatic rings. The van der Waals surface area contributed by atoms with E-state index in [1.54, 1.807) is 18.2 Å². The number of nitrogens with one attached hydrogen (secondary N) is 1. The number of fused-ring (bicyclic) bond motifs is 1. The van der Waals surface area contributed by atoms with Gasteiger partial charge in [-0.25, -0.2) is 4.99 Å². The van der Waals surface area contributed by atoms with Crippen LogP contribution in [0.2, 0.25) is 5.02 Å². The average molecular weight is 485 g/mol. The van der Waals surface area contributed by atoms with E-state index in [9.17, 15) is 4.79 Å². The van der Waals surface area contributed by atoms with E-state index in [4.69, 9.17) is 16.3 Å². The highest BCUT2D eigenvalue weighted by Gasteiger charge is 2.24. The molecule has 1 aliphatic heterocycles. The van der Waals surface area contributed by atoms with Crippen molar-refractivity contribution < 1.29 is 9.53 Å². The molecule has 0 aliphatic carbocycles. The molecule has 0 unspecified atom stereocenters. The molecular weight excluding hydrogens is 464 g/mol. The number of carbonyl (C=O) groups is 1. The second kappa shape index (κ2) is 9.75. The van der Waals surface area contributed by atoms with Crippen LogP contribution in [0.3, 0.4) is 0 Å². The van der Waals surface area contributed by atoms with Crippen LogP contribution in [-0.4, -0.2) is 11.1 Å². The zero-order chi connectivity index (χ0) is 23.5. The van der Waals surface area contributed by atoms with Crippen LogP contribution >= 0.6 is 23.4 Å². The summed E-state index contributed by atoms with van der Waals surface area (Å²) in [6.07, 6.45) is 1.79. The van der Waals surface area contributed by atoms with Crippen molar-refractivity contribution in [2.75, 3.05) is 0 Å². The van der Waals surface area contributed by atoms with Crippen molar-refractivity contribution in [2.45, 2.75) is 13.5 Å². The Hall–Kier alpha value is -3.54. The molecule has 168 valence electrons. The van der Waals surface area contributed by atoms with Crippen LogP contribution in [0.1, 0.15) is 16.7 Å². The summed E-state index contributed by atoms with van der Waals surface area (Å²) in [5.74, 6) is 0.456. The fourth-order valence-corrected chi connectivity index (χ4v) is 4.71. The van der Waals surface area contributed by atoms with Gasteiger partial charge in [-0.1, -0.05) is 71.8 Å². The highest BCUT2D eigenvalue weighted by Crippen LogP contribution is 2.32. The third kappa shape index (κ3) is 5.01. The first-order chi connectivity index (χ1) is 16.5. The Morgan fingerprint density at radius 3 is 2.65 bits per heavy atom. The summed E-state index contributed by atoms with van der Waals surface area (Å²) >= 11 is 7.56. The Morgan fingerprint density at radius 2 is 1.79 bits per heavy atom. The molecule has 1 N–H and O–H groups in total. The minimum atomic E-state index is -0.198. The lowest BCUT2D eigenvalue weighted by Gasteiger charge is -2.12. The average Bonchev–Trinajstić information content (AvgIpc) is 3.18. The number of amidine groups is 1. The lowest BCUT2D eigenvalue weighted by molar-refractivity contribution is -0.115. The molecule has 1 heterocycles. The van der Waals surface area contributed by atoms with E-state index in [0.29, 0.717) is 27.5 Å². The number of amides is 1. The summed E-state index contributed by atoms with van der Waals surface area (Å²) in [7, 11) is 0. The number of ether oxygens (including phenoxy) is 1. The molecule has 4 aromatic carbocycles. The van der Waals surface area contributed by atoms with Crippen molar-refractivity contribution in [3.63, 3.8) is 0 Å². The van der Waals surface area contributed by atoms with Gasteiger partial charge in [-0.15, -0.1) is 0 Å². The van der Waals surface area contributed by atoms with Crippen molar-refractivity contribution in [3.8, 4) is 5.75 Å². The Bertz CT molecular complexity index is 1440. The van der Waals surface area contributed by atoms with Gasteiger partial charge in [0.05, 0.1) is 10.6 Å². The number of aliphatic imine (C=N–C) groups is 1. The fourth-order valence-electron chi connectivity index (χ4n) is 3.70. The molecule has 34 heavy (non-hydrogen) atoms. The lowest BCUT2D eigenvalue weighted by Crippen LogP contribution is -2.19. The molecule has 6 heteroatoms. The smallest absolute Gasteiger partial charge is 0.264 e. The summed E-state index contributed by atoms with van der Waals surface area (Å²) in [4.78, 5) is 17.7. The zero-order valence-corrected chi connectivity index (χ0v) is 20.0. The van der Waals surface area contributed by atoms with Gasteiger partial charge in [0, 0.05) is 10.6 Å². The highest BCUT2D eigenvalue weighted by atomic mass is 35.5. The molecule has 0 radical (unpaired) electrons. The number of hydrogen-bond acceptors (Lipinski definition) is 4. The molecule has 1 saturated heterocycles. The van der Waals surface area contributed by atoms with E-state index in [1.165, 1.54) is 17.1 Å². The summed E-state index contributed by atoms with van der Waals surface area (Å²) < 4.78 is 6.19. The van der Waals surface area contributed by atoms with Crippen molar-refractivity contribution >= 4 is 57.0 Å². The zero-order valence-electron chi connectivity index (χ0n) is 18.4. The number of thioether (sulfide) groups is 1. The molecule has 1 amide bonds. The van der Waals surface area contributed by atoms with Crippen LogP contribution in [0.4, 0.5) is 5.69 Å². The standard InChI is InChI=1S/C28H21ClN2O2S/c1-18-9-12-23(13-10-18)30-28-31-27(32)26(34-28)16-21-15-22(29)11-14-25(21)33-17-20-7-4-6-19-5-2-3-8-24(19)20/h2-16H,17H2,1H3,(H,30,31,32)/b26-16-. The van der Waals surface area contributed by atoms with Crippen molar-refractivity contribution in [1.29, 1.82) is 0 Å². The van der Waals surface area contributed by atoms with Crippen LogP contribution < -0.4 is 10.1 Å². The number of benzene rings is 4. The van der Waals surface area contributed by atoms with Crippen molar-refractivity contribution in [3.05, 3.63) is 112 Å². The molecule has 0 atom stereocenters. The maximum Gasteiger partial charge on any atom is 0.264 e. The van der Waals surface area contributed by atoms with Gasteiger partial charge >= 0.3 is 0 Å². The number of carbonyl (C=O) groups excluding carboxylic acids is 1. The minimum Gasteiger partial charge on any atom is -0.488 e. The van der Waals surface area contributed by atoms with Gasteiger partial charge in [-0.3, -0.25) is 4.79 Å². The van der Waals surface area contributed by atoms with Gasteiger partial charge in [0.15, 0.2) is 5.17 Å². The Balaban J connectivity index is 1.39. The Morgan fingerprint density at radius 1 is 1.00 bits per heavy atom. The second-order valence-corrected chi connectivity index (χ2v) is 9.39. The number of nitrogens with zero attached hydrogens (tertiary/aromatic N) is 1. The summed E-state index contributed by atoms with van der Waals surface area (Å²) in [5, 5.41) is 6.27. The summed E-state index contributed by atoms with van der Waals surface area (Å²) in [5.41, 5.74) is 3.77. The highest BCUT2D eigenvalue weighted by molar-refractivity contribution is 8.18. The number of aryl methyl sites for hydroxylation is 1. The molecule has 0 aromatic heterocycles.